The van der Waals surface area contributed by atoms with E-state index < -0.39 is 6.10 Å². The van der Waals surface area contributed by atoms with Crippen LogP contribution in [0.3, 0.4) is 0 Å². The summed E-state index contributed by atoms with van der Waals surface area (Å²) in [5.41, 5.74) is 0.558. The Bertz CT molecular complexity index is 655. The van der Waals surface area contributed by atoms with Gasteiger partial charge in [0.2, 0.25) is 0 Å². The van der Waals surface area contributed by atoms with Crippen LogP contribution in [0.15, 0.2) is 36.9 Å². The maximum absolute atomic E-state index is 12.0. The van der Waals surface area contributed by atoms with Crippen molar-refractivity contribution in [2.75, 3.05) is 6.54 Å². The van der Waals surface area contributed by atoms with Gasteiger partial charge in [-0.1, -0.05) is 12.1 Å². The summed E-state index contributed by atoms with van der Waals surface area (Å²) in [6.07, 6.45) is 3.23. The summed E-state index contributed by atoms with van der Waals surface area (Å²) >= 11 is 0. The summed E-state index contributed by atoms with van der Waals surface area (Å²) in [6.45, 7) is 4.38. The largest absolute Gasteiger partial charge is 0.481 e. The third kappa shape index (κ3) is 5.21. The van der Waals surface area contributed by atoms with Crippen LogP contribution in [0.4, 0.5) is 0 Å². The van der Waals surface area contributed by atoms with Gasteiger partial charge in [0.1, 0.15) is 18.4 Å². The highest BCUT2D eigenvalue weighted by Gasteiger charge is 2.14. The zero-order valence-corrected chi connectivity index (χ0v) is 13.2. The number of nitrogens with zero attached hydrogens (tertiary/aromatic N) is 3. The number of Topliss-reactive ketones (excluding diaryl/α,β-unsaturated/α-hetero) is 1. The van der Waals surface area contributed by atoms with Crippen LogP contribution in [-0.4, -0.2) is 39.1 Å². The second-order valence-electron chi connectivity index (χ2n) is 5.15. The molecule has 122 valence electrons. The fourth-order valence-electron chi connectivity index (χ4n) is 1.99. The van der Waals surface area contributed by atoms with Gasteiger partial charge < -0.3 is 10.1 Å². The molecule has 0 aliphatic carbocycles. The molecule has 2 aromatic rings. The molecule has 2 rings (SSSR count). The number of ketones is 1. The Hall–Kier alpha value is -2.70. The minimum atomic E-state index is -0.636. The number of hydrogen-bond donors (Lipinski definition) is 1. The van der Waals surface area contributed by atoms with E-state index in [2.05, 4.69) is 15.4 Å². The summed E-state index contributed by atoms with van der Waals surface area (Å²) in [5.74, 6) is 0.264. The van der Waals surface area contributed by atoms with Crippen molar-refractivity contribution >= 4 is 11.7 Å². The van der Waals surface area contributed by atoms with E-state index in [-0.39, 0.29) is 11.7 Å². The summed E-state index contributed by atoms with van der Waals surface area (Å²) in [5, 5.41) is 6.80. The molecule has 1 aromatic carbocycles. The van der Waals surface area contributed by atoms with Gasteiger partial charge in [0.25, 0.3) is 5.91 Å². The van der Waals surface area contributed by atoms with Crippen molar-refractivity contribution < 1.29 is 14.3 Å². The zero-order chi connectivity index (χ0) is 16.7. The second-order valence-corrected chi connectivity index (χ2v) is 5.15. The molecule has 1 N–H and O–H groups in total. The molecule has 1 amide bonds. The predicted molar refractivity (Wildman–Crippen MR) is 84.2 cm³/mol. The van der Waals surface area contributed by atoms with E-state index in [1.165, 1.54) is 13.3 Å². The first-order valence-electron chi connectivity index (χ1n) is 7.44. The fraction of sp³-hybridized carbons (Fsp3) is 0.375. The fourth-order valence-corrected chi connectivity index (χ4v) is 1.99. The molecule has 23 heavy (non-hydrogen) atoms. The quantitative estimate of drug-likeness (QED) is 0.588. The molecule has 0 spiro atoms. The Labute approximate surface area is 134 Å². The highest BCUT2D eigenvalue weighted by atomic mass is 16.5. The van der Waals surface area contributed by atoms with Crippen molar-refractivity contribution in [2.24, 2.45) is 0 Å². The van der Waals surface area contributed by atoms with Crippen LogP contribution in [0.2, 0.25) is 0 Å². The van der Waals surface area contributed by atoms with Crippen LogP contribution in [0.25, 0.3) is 0 Å². The lowest BCUT2D eigenvalue weighted by atomic mass is 10.1. The Morgan fingerprint density at radius 1 is 1.39 bits per heavy atom. The first-order valence-corrected chi connectivity index (χ1v) is 7.44. The number of aromatic nitrogens is 3. The summed E-state index contributed by atoms with van der Waals surface area (Å²) in [6, 6.07) is 6.80. The molecule has 1 unspecified atom stereocenters. The summed E-state index contributed by atoms with van der Waals surface area (Å²) < 4.78 is 7.29. The van der Waals surface area contributed by atoms with Gasteiger partial charge in [-0.2, -0.15) is 5.10 Å². The molecule has 7 heteroatoms. The molecular formula is C16H20N4O3. The number of hydrogen-bond acceptors (Lipinski definition) is 5. The number of rotatable bonds is 8. The van der Waals surface area contributed by atoms with Gasteiger partial charge in [-0.3, -0.25) is 14.3 Å². The van der Waals surface area contributed by atoms with Gasteiger partial charge in [-0.05, 0) is 32.4 Å². The molecule has 1 heterocycles. The summed E-state index contributed by atoms with van der Waals surface area (Å²) in [7, 11) is 0. The SMILES string of the molecule is CC(=O)c1cccc(OC(C)C(=O)NCCCn2cncn2)c1. The van der Waals surface area contributed by atoms with Crippen molar-refractivity contribution in [3.63, 3.8) is 0 Å². The van der Waals surface area contributed by atoms with Crippen molar-refractivity contribution in [3.05, 3.63) is 42.5 Å². The maximum atomic E-state index is 12.0. The van der Waals surface area contributed by atoms with E-state index >= 15 is 0 Å². The Morgan fingerprint density at radius 3 is 2.91 bits per heavy atom. The molecule has 0 saturated carbocycles. The van der Waals surface area contributed by atoms with Crippen LogP contribution >= 0.6 is 0 Å². The molecule has 7 nitrogen and oxygen atoms in total. The average Bonchev–Trinajstić information content (AvgIpc) is 3.05. The number of amides is 1. The third-order valence-electron chi connectivity index (χ3n) is 3.25. The molecule has 1 atom stereocenters. The molecule has 0 bridgehead atoms. The number of aryl methyl sites for hydroxylation is 1. The Balaban J connectivity index is 1.76. The standard InChI is InChI=1S/C16H20N4O3/c1-12(21)14-5-3-6-15(9-14)23-13(2)16(22)18-7-4-8-20-11-17-10-19-20/h3,5-6,9-11,13H,4,7-8H2,1-2H3,(H,18,22). The number of ether oxygens (including phenoxy) is 1. The maximum Gasteiger partial charge on any atom is 0.260 e. The number of benzene rings is 1. The second kappa shape index (κ2) is 8.07. The van der Waals surface area contributed by atoms with Crippen molar-refractivity contribution in [2.45, 2.75) is 32.9 Å². The van der Waals surface area contributed by atoms with Gasteiger partial charge in [-0.15, -0.1) is 0 Å². The minimum absolute atomic E-state index is 0.0411. The van der Waals surface area contributed by atoms with E-state index in [1.807, 2.05) is 0 Å². The van der Waals surface area contributed by atoms with E-state index in [1.54, 1.807) is 42.2 Å². The lowest BCUT2D eigenvalue weighted by Gasteiger charge is -2.15. The van der Waals surface area contributed by atoms with Crippen LogP contribution in [0.1, 0.15) is 30.6 Å². The van der Waals surface area contributed by atoms with Crippen LogP contribution in [-0.2, 0) is 11.3 Å². The molecule has 0 aliphatic rings. The smallest absolute Gasteiger partial charge is 0.260 e. The van der Waals surface area contributed by atoms with Gasteiger partial charge in [-0.25, -0.2) is 4.98 Å². The van der Waals surface area contributed by atoms with Gasteiger partial charge in [0.15, 0.2) is 11.9 Å². The number of carbonyl (C=O) groups excluding carboxylic acids is 2. The molecule has 0 saturated heterocycles. The van der Waals surface area contributed by atoms with Crippen LogP contribution < -0.4 is 10.1 Å². The topological polar surface area (TPSA) is 86.1 Å². The minimum Gasteiger partial charge on any atom is -0.481 e. The van der Waals surface area contributed by atoms with E-state index in [0.717, 1.165) is 6.42 Å². The Kier molecular flexibility index (Phi) is 5.85. The first kappa shape index (κ1) is 16.7. The zero-order valence-electron chi connectivity index (χ0n) is 13.2. The molecule has 1 aromatic heterocycles. The molecule has 0 radical (unpaired) electrons. The van der Waals surface area contributed by atoms with E-state index in [0.29, 0.717) is 24.4 Å². The average molecular weight is 316 g/mol. The number of carbonyl (C=O) groups is 2. The lowest BCUT2D eigenvalue weighted by molar-refractivity contribution is -0.127. The van der Waals surface area contributed by atoms with Crippen LogP contribution in [0.5, 0.6) is 5.75 Å². The van der Waals surface area contributed by atoms with Crippen molar-refractivity contribution in [1.82, 2.24) is 20.1 Å². The van der Waals surface area contributed by atoms with Crippen LogP contribution in [0, 0.1) is 0 Å². The van der Waals surface area contributed by atoms with Crippen molar-refractivity contribution in [3.8, 4) is 5.75 Å². The number of nitrogens with one attached hydrogen (secondary N) is 1. The van der Waals surface area contributed by atoms with Gasteiger partial charge in [0, 0.05) is 18.7 Å². The first-order chi connectivity index (χ1) is 11.1. The molecular weight excluding hydrogens is 296 g/mol. The highest BCUT2D eigenvalue weighted by Crippen LogP contribution is 2.15. The summed E-state index contributed by atoms with van der Waals surface area (Å²) in [4.78, 5) is 27.2. The van der Waals surface area contributed by atoms with Gasteiger partial charge in [0.05, 0.1) is 0 Å². The third-order valence-corrected chi connectivity index (χ3v) is 3.25. The molecule has 0 aliphatic heterocycles. The Morgan fingerprint density at radius 2 is 2.22 bits per heavy atom. The van der Waals surface area contributed by atoms with E-state index in [4.69, 9.17) is 4.74 Å². The molecule has 0 fully saturated rings. The monoisotopic (exact) mass is 316 g/mol. The van der Waals surface area contributed by atoms with Crippen molar-refractivity contribution in [1.29, 1.82) is 0 Å². The highest BCUT2D eigenvalue weighted by molar-refractivity contribution is 5.94. The normalized spacial score (nSPS) is 11.7. The van der Waals surface area contributed by atoms with Gasteiger partial charge >= 0.3 is 0 Å². The van der Waals surface area contributed by atoms with E-state index in [9.17, 15) is 9.59 Å². The predicted octanol–water partition coefficient (Wildman–Crippen LogP) is 1.45. The lowest BCUT2D eigenvalue weighted by Crippen LogP contribution is -2.37.